The SMILES string of the molecule is CN(Cc1nnc(-c2ccc(C(C)(C)C)cc2)o1)C(=O)[C@@H]1CCCO1. The number of hydrogen-bond donors (Lipinski definition) is 0. The maximum absolute atomic E-state index is 12.3. The average Bonchev–Trinajstić information content (AvgIpc) is 3.25. The molecular formula is C19H25N3O3. The number of carbonyl (C=O) groups excluding carboxylic acids is 1. The smallest absolute Gasteiger partial charge is 0.251 e. The van der Waals surface area contributed by atoms with Gasteiger partial charge in [0.1, 0.15) is 6.10 Å². The first-order chi connectivity index (χ1) is 11.8. The van der Waals surface area contributed by atoms with E-state index < -0.39 is 0 Å². The Morgan fingerprint density at radius 3 is 2.56 bits per heavy atom. The summed E-state index contributed by atoms with van der Waals surface area (Å²) in [6.07, 6.45) is 1.37. The van der Waals surface area contributed by atoms with E-state index in [0.717, 1.165) is 18.4 Å². The molecule has 0 aliphatic carbocycles. The van der Waals surface area contributed by atoms with Crippen LogP contribution in [-0.4, -0.2) is 40.8 Å². The van der Waals surface area contributed by atoms with Crippen molar-refractivity contribution >= 4 is 5.91 Å². The van der Waals surface area contributed by atoms with Gasteiger partial charge in [0.2, 0.25) is 11.8 Å². The molecule has 1 saturated heterocycles. The van der Waals surface area contributed by atoms with Crippen molar-refractivity contribution in [3.8, 4) is 11.5 Å². The molecule has 25 heavy (non-hydrogen) atoms. The summed E-state index contributed by atoms with van der Waals surface area (Å²) >= 11 is 0. The predicted molar refractivity (Wildman–Crippen MR) is 93.9 cm³/mol. The highest BCUT2D eigenvalue weighted by Gasteiger charge is 2.27. The molecule has 0 radical (unpaired) electrons. The Labute approximate surface area is 148 Å². The molecular weight excluding hydrogens is 318 g/mol. The zero-order valence-corrected chi connectivity index (χ0v) is 15.3. The van der Waals surface area contributed by atoms with Gasteiger partial charge in [0, 0.05) is 19.2 Å². The minimum absolute atomic E-state index is 0.0354. The molecule has 0 spiro atoms. The maximum atomic E-state index is 12.3. The van der Waals surface area contributed by atoms with Crippen molar-refractivity contribution in [1.82, 2.24) is 15.1 Å². The third-order valence-corrected chi connectivity index (χ3v) is 4.42. The van der Waals surface area contributed by atoms with Crippen LogP contribution in [0.4, 0.5) is 0 Å². The topological polar surface area (TPSA) is 68.5 Å². The molecule has 1 amide bonds. The number of likely N-dealkylation sites (N-methyl/N-ethyl adjacent to an activating group) is 1. The summed E-state index contributed by atoms with van der Waals surface area (Å²) in [5, 5.41) is 8.16. The molecule has 2 heterocycles. The van der Waals surface area contributed by atoms with Gasteiger partial charge in [-0.05, 0) is 36.0 Å². The quantitative estimate of drug-likeness (QED) is 0.853. The molecule has 3 rings (SSSR count). The monoisotopic (exact) mass is 343 g/mol. The van der Waals surface area contributed by atoms with E-state index in [1.807, 2.05) is 12.1 Å². The standard InChI is InChI=1S/C19H25N3O3/c1-19(2,3)14-9-7-13(8-10-14)17-21-20-16(25-17)12-22(4)18(23)15-6-5-11-24-15/h7-10,15H,5-6,11-12H2,1-4H3/t15-/m0/s1. The molecule has 1 aliphatic rings. The Morgan fingerprint density at radius 1 is 1.24 bits per heavy atom. The summed E-state index contributed by atoms with van der Waals surface area (Å²) in [6, 6.07) is 8.12. The van der Waals surface area contributed by atoms with Crippen molar-refractivity contribution in [3.05, 3.63) is 35.7 Å². The van der Waals surface area contributed by atoms with Gasteiger partial charge in [0.15, 0.2) is 0 Å². The first-order valence-electron chi connectivity index (χ1n) is 8.64. The summed E-state index contributed by atoms with van der Waals surface area (Å²) in [7, 11) is 1.73. The molecule has 2 aromatic rings. The fraction of sp³-hybridized carbons (Fsp3) is 0.526. The van der Waals surface area contributed by atoms with Gasteiger partial charge in [0.25, 0.3) is 5.91 Å². The number of hydrogen-bond acceptors (Lipinski definition) is 5. The minimum atomic E-state index is -0.336. The van der Waals surface area contributed by atoms with Crippen molar-refractivity contribution in [2.45, 2.75) is 51.7 Å². The largest absolute Gasteiger partial charge is 0.419 e. The third kappa shape index (κ3) is 4.07. The Balaban J connectivity index is 1.66. The number of nitrogens with zero attached hydrogens (tertiary/aromatic N) is 3. The lowest BCUT2D eigenvalue weighted by Crippen LogP contribution is -2.35. The highest BCUT2D eigenvalue weighted by molar-refractivity contribution is 5.80. The molecule has 6 nitrogen and oxygen atoms in total. The Morgan fingerprint density at radius 2 is 1.96 bits per heavy atom. The summed E-state index contributed by atoms with van der Waals surface area (Å²) in [5.41, 5.74) is 2.22. The van der Waals surface area contributed by atoms with E-state index in [1.54, 1.807) is 11.9 Å². The average molecular weight is 343 g/mol. The second-order valence-electron chi connectivity index (χ2n) is 7.52. The lowest BCUT2D eigenvalue weighted by molar-refractivity contribution is -0.140. The molecule has 1 aromatic heterocycles. The van der Waals surface area contributed by atoms with Gasteiger partial charge in [-0.3, -0.25) is 4.79 Å². The molecule has 1 aliphatic heterocycles. The number of aromatic nitrogens is 2. The van der Waals surface area contributed by atoms with Gasteiger partial charge in [-0.25, -0.2) is 0 Å². The molecule has 1 fully saturated rings. The van der Waals surface area contributed by atoms with Crippen LogP contribution in [0.5, 0.6) is 0 Å². The number of amides is 1. The van der Waals surface area contributed by atoms with Crippen LogP contribution in [0.1, 0.15) is 45.1 Å². The second kappa shape index (κ2) is 6.96. The molecule has 134 valence electrons. The summed E-state index contributed by atoms with van der Waals surface area (Å²) < 4.78 is 11.2. The molecule has 0 N–H and O–H groups in total. The molecule has 0 saturated carbocycles. The summed E-state index contributed by atoms with van der Waals surface area (Å²) in [4.78, 5) is 13.8. The van der Waals surface area contributed by atoms with E-state index in [2.05, 4.69) is 43.1 Å². The Bertz CT molecular complexity index is 725. The van der Waals surface area contributed by atoms with Crippen LogP contribution >= 0.6 is 0 Å². The van der Waals surface area contributed by atoms with Crippen LogP contribution in [0.2, 0.25) is 0 Å². The van der Waals surface area contributed by atoms with Crippen LogP contribution in [-0.2, 0) is 21.5 Å². The zero-order chi connectivity index (χ0) is 18.0. The van der Waals surface area contributed by atoms with Crippen LogP contribution < -0.4 is 0 Å². The second-order valence-corrected chi connectivity index (χ2v) is 7.52. The molecule has 1 atom stereocenters. The Hall–Kier alpha value is -2.21. The van der Waals surface area contributed by atoms with Gasteiger partial charge in [-0.1, -0.05) is 32.9 Å². The van der Waals surface area contributed by atoms with Gasteiger partial charge < -0.3 is 14.1 Å². The number of rotatable bonds is 4. The Kier molecular flexibility index (Phi) is 4.90. The van der Waals surface area contributed by atoms with Crippen molar-refractivity contribution in [2.24, 2.45) is 0 Å². The van der Waals surface area contributed by atoms with E-state index in [0.29, 0.717) is 18.4 Å². The zero-order valence-electron chi connectivity index (χ0n) is 15.3. The fourth-order valence-corrected chi connectivity index (χ4v) is 2.85. The van der Waals surface area contributed by atoms with Crippen molar-refractivity contribution in [1.29, 1.82) is 0 Å². The van der Waals surface area contributed by atoms with E-state index in [-0.39, 0.29) is 24.0 Å². The van der Waals surface area contributed by atoms with Gasteiger partial charge in [-0.2, -0.15) is 0 Å². The van der Waals surface area contributed by atoms with E-state index in [1.165, 1.54) is 5.56 Å². The maximum Gasteiger partial charge on any atom is 0.251 e. The third-order valence-electron chi connectivity index (χ3n) is 4.42. The highest BCUT2D eigenvalue weighted by atomic mass is 16.5. The van der Waals surface area contributed by atoms with Gasteiger partial charge in [0.05, 0.1) is 6.54 Å². The van der Waals surface area contributed by atoms with Crippen LogP contribution in [0.15, 0.2) is 28.7 Å². The van der Waals surface area contributed by atoms with E-state index in [9.17, 15) is 4.79 Å². The molecule has 1 aromatic carbocycles. The van der Waals surface area contributed by atoms with E-state index in [4.69, 9.17) is 9.15 Å². The fourth-order valence-electron chi connectivity index (χ4n) is 2.85. The highest BCUT2D eigenvalue weighted by Crippen LogP contribution is 2.25. The summed E-state index contributed by atoms with van der Waals surface area (Å²) in [5.74, 6) is 0.851. The lowest BCUT2D eigenvalue weighted by atomic mass is 9.87. The van der Waals surface area contributed by atoms with Crippen molar-refractivity contribution in [3.63, 3.8) is 0 Å². The predicted octanol–water partition coefficient (Wildman–Crippen LogP) is 3.17. The lowest BCUT2D eigenvalue weighted by Gasteiger charge is -2.19. The van der Waals surface area contributed by atoms with Crippen LogP contribution in [0, 0.1) is 0 Å². The molecule has 6 heteroatoms. The number of ether oxygens (including phenoxy) is 1. The first-order valence-corrected chi connectivity index (χ1v) is 8.64. The molecule has 0 unspecified atom stereocenters. The number of benzene rings is 1. The van der Waals surface area contributed by atoms with Crippen LogP contribution in [0.3, 0.4) is 0 Å². The van der Waals surface area contributed by atoms with Crippen molar-refractivity contribution < 1.29 is 13.9 Å². The van der Waals surface area contributed by atoms with Gasteiger partial charge >= 0.3 is 0 Å². The van der Waals surface area contributed by atoms with Crippen LogP contribution in [0.25, 0.3) is 11.5 Å². The normalized spacial score (nSPS) is 17.7. The number of carbonyl (C=O) groups is 1. The minimum Gasteiger partial charge on any atom is -0.419 e. The van der Waals surface area contributed by atoms with E-state index >= 15 is 0 Å². The molecule has 0 bridgehead atoms. The first kappa shape index (κ1) is 17.6. The summed E-state index contributed by atoms with van der Waals surface area (Å²) in [6.45, 7) is 7.46. The van der Waals surface area contributed by atoms with Gasteiger partial charge in [-0.15, -0.1) is 10.2 Å². The van der Waals surface area contributed by atoms with Crippen molar-refractivity contribution in [2.75, 3.05) is 13.7 Å².